The van der Waals surface area contributed by atoms with E-state index in [2.05, 4.69) is 0 Å². The van der Waals surface area contributed by atoms with E-state index in [4.69, 9.17) is 45.3 Å². The number of nitrogens with one attached hydrogen (secondary N) is 1. The van der Waals surface area contributed by atoms with Gasteiger partial charge >= 0.3 is 43.3 Å². The molecule has 1 fully saturated rings. The summed E-state index contributed by atoms with van der Waals surface area (Å²) in [6.07, 6.45) is -1.22. The van der Waals surface area contributed by atoms with Crippen molar-refractivity contribution in [1.29, 1.82) is 0 Å². The molecule has 14 nitrogen and oxygen atoms in total. The normalized spacial score (nSPS) is 20.3. The van der Waals surface area contributed by atoms with Gasteiger partial charge in [0.25, 0.3) is 9.70 Å². The standard InChI is InChI=1S/C11H10Cl3N3O6S.C2F6O5S2/c12-11(13,14)9(21)16-10(22)23-1-3-2-24-7-4(15)6(18)17(7)5(3)8(19)20;3-1(4,5)14(9,10)13-15(11,12)2(6,7)8/h4,7H,1-2,15H2,(H,19,20)(H,16,21,22);/t4?,7-;/m1./s1. The van der Waals surface area contributed by atoms with Crippen LogP contribution in [0.25, 0.3) is 0 Å². The zero-order valence-electron chi connectivity index (χ0n) is 17.7. The van der Waals surface area contributed by atoms with E-state index in [1.165, 1.54) is 11.8 Å². The molecule has 2 atom stereocenters. The van der Waals surface area contributed by atoms with E-state index in [-0.39, 0.29) is 17.0 Å². The number of nitrogens with zero attached hydrogens (tertiary/aromatic N) is 1. The molecule has 39 heavy (non-hydrogen) atoms. The fourth-order valence-corrected chi connectivity index (χ4v) is 5.21. The molecular weight excluding hydrogens is 691 g/mol. The minimum absolute atomic E-state index is 0.181. The smallest absolute Gasteiger partial charge is 0.477 e. The lowest BCUT2D eigenvalue weighted by Gasteiger charge is -2.47. The minimum Gasteiger partial charge on any atom is -0.477 e. The molecule has 224 valence electrons. The average molecular weight is 701 g/mol. The second-order valence-corrected chi connectivity index (χ2v) is 13.3. The highest BCUT2D eigenvalue weighted by atomic mass is 35.6. The fraction of sp³-hybridized carbons (Fsp3) is 0.538. The molecule has 0 saturated carbocycles. The van der Waals surface area contributed by atoms with E-state index in [0.717, 1.165) is 4.90 Å². The van der Waals surface area contributed by atoms with Crippen LogP contribution in [-0.4, -0.2) is 89.3 Å². The Labute approximate surface area is 231 Å². The maximum atomic E-state index is 11.7. The van der Waals surface area contributed by atoms with Crippen LogP contribution < -0.4 is 11.1 Å². The highest BCUT2D eigenvalue weighted by Gasteiger charge is 2.57. The predicted molar refractivity (Wildman–Crippen MR) is 117 cm³/mol. The van der Waals surface area contributed by atoms with Gasteiger partial charge in [-0.15, -0.1) is 15.4 Å². The van der Waals surface area contributed by atoms with E-state index in [9.17, 15) is 67.5 Å². The molecule has 0 bridgehead atoms. The minimum atomic E-state index is -6.85. The number of amides is 3. The Morgan fingerprint density at radius 2 is 1.51 bits per heavy atom. The molecule has 2 rings (SSSR count). The first-order chi connectivity index (χ1) is 17.2. The van der Waals surface area contributed by atoms with Gasteiger partial charge in [0.05, 0.1) is 0 Å². The lowest BCUT2D eigenvalue weighted by molar-refractivity contribution is -0.148. The number of fused-ring (bicyclic) bond motifs is 1. The number of β-lactam (4-membered cyclic amide) rings is 1. The molecule has 2 aliphatic rings. The summed E-state index contributed by atoms with van der Waals surface area (Å²) in [5.74, 6) is -2.91. The van der Waals surface area contributed by atoms with Gasteiger partial charge in [-0.1, -0.05) is 34.8 Å². The topological polar surface area (TPSA) is 217 Å². The van der Waals surface area contributed by atoms with Crippen molar-refractivity contribution in [3.63, 3.8) is 0 Å². The van der Waals surface area contributed by atoms with Crippen LogP contribution in [0.2, 0.25) is 0 Å². The Kier molecular flexibility index (Phi) is 10.9. The Bertz CT molecular complexity index is 1240. The fourth-order valence-electron chi connectivity index (χ4n) is 2.24. The number of halogens is 9. The van der Waals surface area contributed by atoms with Gasteiger partial charge in [-0.3, -0.25) is 19.8 Å². The molecule has 1 unspecified atom stereocenters. The van der Waals surface area contributed by atoms with Gasteiger partial charge in [-0.2, -0.15) is 43.2 Å². The maximum absolute atomic E-state index is 11.7. The molecule has 26 heteroatoms. The number of alkyl carbamates (subject to hydrolysis) is 1. The van der Waals surface area contributed by atoms with Crippen molar-refractivity contribution in [3.8, 4) is 0 Å². The van der Waals surface area contributed by atoms with Crippen LogP contribution in [0, 0.1) is 0 Å². The van der Waals surface area contributed by atoms with Gasteiger partial charge in [0.15, 0.2) is 0 Å². The first-order valence-corrected chi connectivity index (χ1v) is 13.8. The third kappa shape index (κ3) is 8.61. The van der Waals surface area contributed by atoms with Crippen molar-refractivity contribution >= 4 is 90.7 Å². The molecule has 3 amide bonds. The summed E-state index contributed by atoms with van der Waals surface area (Å²) >= 11 is 17.1. The number of hydrogen-bond donors (Lipinski definition) is 3. The number of ether oxygens (including phenoxy) is 1. The van der Waals surface area contributed by atoms with Gasteiger partial charge < -0.3 is 15.6 Å². The van der Waals surface area contributed by atoms with Crippen molar-refractivity contribution in [1.82, 2.24) is 10.2 Å². The SMILES string of the molecule is NC1C(=O)N2C(C(=O)O)=C(COC(=O)NC(=O)C(Cl)(Cl)Cl)CS[C@H]12.O=S(=O)(OS(=O)(=O)C(F)(F)F)C(F)(F)F. The van der Waals surface area contributed by atoms with E-state index < -0.39 is 76.9 Å². The van der Waals surface area contributed by atoms with Crippen LogP contribution in [0.4, 0.5) is 31.1 Å². The predicted octanol–water partition coefficient (Wildman–Crippen LogP) is 0.893. The lowest BCUT2D eigenvalue weighted by atomic mass is 10.0. The van der Waals surface area contributed by atoms with Gasteiger partial charge in [0.1, 0.15) is 23.7 Å². The van der Waals surface area contributed by atoms with Crippen LogP contribution in [0.1, 0.15) is 0 Å². The van der Waals surface area contributed by atoms with Gasteiger partial charge in [-0.05, 0) is 0 Å². The number of alkyl halides is 9. The summed E-state index contributed by atoms with van der Waals surface area (Å²) in [5, 5.41) is 10.5. The van der Waals surface area contributed by atoms with Crippen LogP contribution in [0.3, 0.4) is 0 Å². The Hall–Kier alpha value is -1.76. The molecular formula is C13H10Cl3F6N3O11S3. The quantitative estimate of drug-likeness (QED) is 0.157. The van der Waals surface area contributed by atoms with E-state index in [1.54, 1.807) is 5.32 Å². The number of carboxylic acids is 1. The first-order valence-electron chi connectivity index (χ1n) is 8.78. The van der Waals surface area contributed by atoms with Crippen LogP contribution >= 0.6 is 46.6 Å². The molecule has 2 heterocycles. The molecule has 0 radical (unpaired) electrons. The maximum Gasteiger partial charge on any atom is 0.524 e. The molecule has 0 aromatic rings. The van der Waals surface area contributed by atoms with Crippen molar-refractivity contribution < 1.29 is 75.8 Å². The number of carbonyl (C=O) groups excluding carboxylic acids is 3. The summed E-state index contributed by atoms with van der Waals surface area (Å²) in [5.41, 5.74) is -7.02. The summed E-state index contributed by atoms with van der Waals surface area (Å²) in [6, 6.07) is -0.767. The number of rotatable bonds is 5. The van der Waals surface area contributed by atoms with E-state index in [0.29, 0.717) is 0 Å². The Morgan fingerprint density at radius 3 is 1.90 bits per heavy atom. The zero-order valence-corrected chi connectivity index (χ0v) is 22.5. The monoisotopic (exact) mass is 699 g/mol. The third-order valence-electron chi connectivity index (χ3n) is 3.89. The Balaban J connectivity index is 0.000000439. The summed E-state index contributed by atoms with van der Waals surface area (Å²) in [6.45, 7) is -0.459. The molecule has 0 aromatic carbocycles. The van der Waals surface area contributed by atoms with Crippen LogP contribution in [0.5, 0.6) is 0 Å². The van der Waals surface area contributed by atoms with Crippen molar-refractivity contribution in [3.05, 3.63) is 11.3 Å². The first kappa shape index (κ1) is 35.3. The van der Waals surface area contributed by atoms with Gasteiger partial charge in [0.2, 0.25) is 5.91 Å². The van der Waals surface area contributed by atoms with Gasteiger partial charge in [0, 0.05) is 11.3 Å². The van der Waals surface area contributed by atoms with Crippen LogP contribution in [0.15, 0.2) is 11.3 Å². The molecule has 1 saturated heterocycles. The van der Waals surface area contributed by atoms with Crippen molar-refractivity contribution in [2.24, 2.45) is 5.73 Å². The number of hydrogen-bond acceptors (Lipinski definition) is 12. The third-order valence-corrected chi connectivity index (χ3v) is 8.33. The summed E-state index contributed by atoms with van der Waals surface area (Å²) in [4.78, 5) is 47.0. The second kappa shape index (κ2) is 12.0. The average Bonchev–Trinajstić information content (AvgIpc) is 2.73. The largest absolute Gasteiger partial charge is 0.524 e. The van der Waals surface area contributed by atoms with Gasteiger partial charge in [-0.25, -0.2) is 9.59 Å². The highest BCUT2D eigenvalue weighted by Crippen LogP contribution is 2.39. The molecule has 4 N–H and O–H groups in total. The molecule has 0 aliphatic carbocycles. The van der Waals surface area contributed by atoms with Crippen molar-refractivity contribution in [2.45, 2.75) is 26.2 Å². The number of carboxylic acid groups (broad SMARTS) is 1. The van der Waals surface area contributed by atoms with Crippen LogP contribution in [-0.2, 0) is 43.0 Å². The summed E-state index contributed by atoms with van der Waals surface area (Å²) in [7, 11) is -13.7. The number of aliphatic carboxylic acids is 1. The summed E-state index contributed by atoms with van der Waals surface area (Å²) < 4.78 is 112. The number of thioether (sulfide) groups is 1. The van der Waals surface area contributed by atoms with Crippen molar-refractivity contribution in [2.75, 3.05) is 12.4 Å². The Morgan fingerprint density at radius 1 is 1.05 bits per heavy atom. The highest BCUT2D eigenvalue weighted by molar-refractivity contribution is 8.00. The molecule has 0 spiro atoms. The number of nitrogens with two attached hydrogens (primary N) is 1. The number of imide groups is 1. The lowest BCUT2D eigenvalue weighted by Crippen LogP contribution is -2.68. The molecule has 2 aliphatic heterocycles. The van der Waals surface area contributed by atoms with E-state index in [1.807, 2.05) is 3.63 Å². The second-order valence-electron chi connectivity index (χ2n) is 6.59. The number of carbonyl (C=O) groups is 4. The molecule has 0 aromatic heterocycles. The zero-order chi connectivity index (χ0) is 30.9. The van der Waals surface area contributed by atoms with E-state index >= 15 is 0 Å².